The second-order valence-corrected chi connectivity index (χ2v) is 9.11. The first-order valence-corrected chi connectivity index (χ1v) is 11.1. The van der Waals surface area contributed by atoms with Crippen molar-refractivity contribution in [3.8, 4) is 17.6 Å². The van der Waals surface area contributed by atoms with E-state index in [1.165, 1.54) is 0 Å². The number of ether oxygens (including phenoxy) is 2. The molecule has 1 unspecified atom stereocenters. The third kappa shape index (κ3) is 5.27. The predicted octanol–water partition coefficient (Wildman–Crippen LogP) is 7.23. The first-order valence-electron chi connectivity index (χ1n) is 10.8. The van der Waals surface area contributed by atoms with Crippen LogP contribution in [0.5, 0.6) is 11.5 Å². The first-order chi connectivity index (χ1) is 15.9. The topological polar surface area (TPSA) is 59.3 Å². The minimum absolute atomic E-state index is 0.0350. The lowest BCUT2D eigenvalue weighted by molar-refractivity contribution is -0.149. The fourth-order valence-electron chi connectivity index (χ4n) is 4.00. The number of nitrogens with zero attached hydrogens (tertiary/aromatic N) is 1. The average molecular weight is 458 g/mol. The van der Waals surface area contributed by atoms with E-state index in [0.29, 0.717) is 22.1 Å². The molecular weight excluding hydrogens is 434 g/mol. The molecule has 3 aromatic rings. The van der Waals surface area contributed by atoms with Crippen LogP contribution in [0.2, 0.25) is 5.02 Å². The Morgan fingerprint density at radius 2 is 1.73 bits per heavy atom. The highest BCUT2D eigenvalue weighted by molar-refractivity contribution is 6.30. The van der Waals surface area contributed by atoms with Gasteiger partial charge in [-0.3, -0.25) is 4.79 Å². The van der Waals surface area contributed by atoms with E-state index < -0.39 is 6.10 Å². The highest BCUT2D eigenvalue weighted by Gasteiger charge is 2.61. The van der Waals surface area contributed by atoms with E-state index in [9.17, 15) is 10.1 Å². The van der Waals surface area contributed by atoms with Gasteiger partial charge >= 0.3 is 5.97 Å². The van der Waals surface area contributed by atoms with Gasteiger partial charge in [-0.05, 0) is 53.3 Å². The Bertz CT molecular complexity index is 1200. The van der Waals surface area contributed by atoms with Crippen LogP contribution in [0, 0.1) is 28.6 Å². The number of carbonyl (C=O) groups excluding carboxylic acids is 1. The Hall–Kier alpha value is -3.55. The van der Waals surface area contributed by atoms with Crippen LogP contribution in [0.15, 0.2) is 84.9 Å². The molecule has 5 heteroatoms. The van der Waals surface area contributed by atoms with Gasteiger partial charge in [0.1, 0.15) is 17.6 Å². The van der Waals surface area contributed by atoms with Crippen molar-refractivity contribution < 1.29 is 14.3 Å². The van der Waals surface area contributed by atoms with Crippen molar-refractivity contribution in [1.82, 2.24) is 0 Å². The van der Waals surface area contributed by atoms with Crippen LogP contribution in [0.3, 0.4) is 0 Å². The van der Waals surface area contributed by atoms with Crippen molar-refractivity contribution >= 4 is 23.6 Å². The van der Waals surface area contributed by atoms with Crippen LogP contribution in [0.4, 0.5) is 0 Å². The molecule has 0 bridgehead atoms. The SMILES string of the molecule is CC1(C)[C@H](/C=C/c2ccc(Cl)cc2)[C@H]1C(=O)OC(C#N)c1cccc(Oc2ccccc2)c1. The molecular formula is C28H24ClNO3. The molecule has 166 valence electrons. The normalized spacial score (nSPS) is 19.5. The predicted molar refractivity (Wildman–Crippen MR) is 129 cm³/mol. The molecule has 1 aliphatic carbocycles. The molecule has 0 radical (unpaired) electrons. The molecule has 0 aromatic heterocycles. The van der Waals surface area contributed by atoms with Crippen LogP contribution in [0.1, 0.15) is 31.1 Å². The second-order valence-electron chi connectivity index (χ2n) is 8.67. The van der Waals surface area contributed by atoms with Gasteiger partial charge in [0.05, 0.1) is 5.92 Å². The molecule has 1 fully saturated rings. The lowest BCUT2D eigenvalue weighted by Crippen LogP contribution is -2.14. The largest absolute Gasteiger partial charge is 0.457 e. The van der Waals surface area contributed by atoms with E-state index in [4.69, 9.17) is 21.1 Å². The van der Waals surface area contributed by atoms with Crippen LogP contribution < -0.4 is 4.74 Å². The van der Waals surface area contributed by atoms with Gasteiger partial charge in [0.15, 0.2) is 0 Å². The summed E-state index contributed by atoms with van der Waals surface area (Å²) in [5.41, 5.74) is 1.35. The highest BCUT2D eigenvalue weighted by atomic mass is 35.5. The van der Waals surface area contributed by atoms with Gasteiger partial charge in [-0.2, -0.15) is 5.26 Å². The van der Waals surface area contributed by atoms with Crippen LogP contribution in [0.25, 0.3) is 6.08 Å². The zero-order chi connectivity index (χ0) is 23.4. The van der Waals surface area contributed by atoms with Gasteiger partial charge in [-0.1, -0.05) is 80.1 Å². The summed E-state index contributed by atoms with van der Waals surface area (Å²) in [5, 5.41) is 10.4. The van der Waals surface area contributed by atoms with Crippen LogP contribution >= 0.6 is 11.6 Å². The van der Waals surface area contributed by atoms with Gasteiger partial charge in [0.25, 0.3) is 0 Å². The second kappa shape index (κ2) is 9.52. The molecule has 33 heavy (non-hydrogen) atoms. The number of carbonyl (C=O) groups is 1. The summed E-state index contributed by atoms with van der Waals surface area (Å²) in [4.78, 5) is 13.0. The maximum absolute atomic E-state index is 13.0. The number of hydrogen-bond acceptors (Lipinski definition) is 4. The van der Waals surface area contributed by atoms with Crippen molar-refractivity contribution in [2.45, 2.75) is 20.0 Å². The number of nitriles is 1. The summed E-state index contributed by atoms with van der Waals surface area (Å²) < 4.78 is 11.5. The molecule has 0 amide bonds. The van der Waals surface area contributed by atoms with E-state index >= 15 is 0 Å². The van der Waals surface area contributed by atoms with Gasteiger partial charge in [0.2, 0.25) is 6.10 Å². The Morgan fingerprint density at radius 1 is 1.03 bits per heavy atom. The molecule has 0 heterocycles. The quantitative estimate of drug-likeness (QED) is 0.351. The molecule has 0 saturated heterocycles. The van der Waals surface area contributed by atoms with Crippen LogP contribution in [-0.2, 0) is 9.53 Å². The number of rotatable bonds is 7. The third-order valence-electron chi connectivity index (χ3n) is 6.02. The first kappa shape index (κ1) is 22.6. The standard InChI is InChI=1S/C28H24ClNO3/c1-28(2)24(16-13-19-11-14-21(29)15-12-19)26(28)27(31)33-25(18-30)20-7-6-10-23(17-20)32-22-8-4-3-5-9-22/h3-17,24-26H,1-2H3/b16-13+/t24-,25?,26+/m1/s1. The summed E-state index contributed by atoms with van der Waals surface area (Å²) >= 11 is 5.94. The fourth-order valence-corrected chi connectivity index (χ4v) is 4.13. The Labute approximate surface area is 199 Å². The van der Waals surface area contributed by atoms with Gasteiger partial charge in [-0.25, -0.2) is 0 Å². The van der Waals surface area contributed by atoms with Gasteiger partial charge < -0.3 is 9.47 Å². The number of benzene rings is 3. The fraction of sp³-hybridized carbons (Fsp3) is 0.214. The third-order valence-corrected chi connectivity index (χ3v) is 6.27. The van der Waals surface area contributed by atoms with E-state index in [0.717, 1.165) is 5.56 Å². The van der Waals surface area contributed by atoms with E-state index in [-0.39, 0.29) is 23.2 Å². The molecule has 4 rings (SSSR count). The molecule has 0 N–H and O–H groups in total. The van der Waals surface area contributed by atoms with Gasteiger partial charge in [0, 0.05) is 10.6 Å². The van der Waals surface area contributed by atoms with Crippen molar-refractivity contribution in [2.24, 2.45) is 17.3 Å². The summed E-state index contributed by atoms with van der Waals surface area (Å²) in [7, 11) is 0. The zero-order valence-electron chi connectivity index (χ0n) is 18.4. The number of para-hydroxylation sites is 1. The monoisotopic (exact) mass is 457 g/mol. The van der Waals surface area contributed by atoms with E-state index in [2.05, 4.69) is 6.07 Å². The number of halogens is 1. The zero-order valence-corrected chi connectivity index (χ0v) is 19.2. The van der Waals surface area contributed by atoms with Crippen molar-refractivity contribution in [3.63, 3.8) is 0 Å². The Balaban J connectivity index is 1.43. The molecule has 1 saturated carbocycles. The summed E-state index contributed by atoms with van der Waals surface area (Å²) in [6.07, 6.45) is 3.02. The summed E-state index contributed by atoms with van der Waals surface area (Å²) in [6, 6.07) is 26.1. The number of hydrogen-bond donors (Lipinski definition) is 0. The molecule has 3 atom stereocenters. The maximum atomic E-state index is 13.0. The lowest BCUT2D eigenvalue weighted by atomic mass is 10.1. The van der Waals surface area contributed by atoms with E-state index in [1.807, 2.05) is 80.6 Å². The van der Waals surface area contributed by atoms with Crippen molar-refractivity contribution in [1.29, 1.82) is 5.26 Å². The van der Waals surface area contributed by atoms with E-state index in [1.54, 1.807) is 24.3 Å². The Kier molecular flexibility index (Phi) is 6.53. The molecule has 4 nitrogen and oxygen atoms in total. The summed E-state index contributed by atoms with van der Waals surface area (Å²) in [6.45, 7) is 4.07. The van der Waals surface area contributed by atoms with Crippen LogP contribution in [-0.4, -0.2) is 5.97 Å². The average Bonchev–Trinajstić information content (AvgIpc) is 3.38. The number of allylic oxidation sites excluding steroid dienone is 1. The minimum atomic E-state index is -1.01. The lowest BCUT2D eigenvalue weighted by Gasteiger charge is -2.13. The molecule has 3 aromatic carbocycles. The summed E-state index contributed by atoms with van der Waals surface area (Å²) in [5.74, 6) is 0.626. The van der Waals surface area contributed by atoms with Gasteiger partial charge in [-0.15, -0.1) is 0 Å². The Morgan fingerprint density at radius 3 is 2.42 bits per heavy atom. The highest BCUT2D eigenvalue weighted by Crippen LogP contribution is 2.60. The smallest absolute Gasteiger partial charge is 0.311 e. The molecule has 0 spiro atoms. The van der Waals surface area contributed by atoms with Crippen molar-refractivity contribution in [2.75, 3.05) is 0 Å². The minimum Gasteiger partial charge on any atom is -0.457 e. The number of esters is 1. The molecule has 0 aliphatic heterocycles. The molecule has 1 aliphatic rings. The van der Waals surface area contributed by atoms with Crippen molar-refractivity contribution in [3.05, 3.63) is 101 Å². The maximum Gasteiger partial charge on any atom is 0.311 e.